The van der Waals surface area contributed by atoms with Crippen molar-refractivity contribution in [3.63, 3.8) is 0 Å². The highest BCUT2D eigenvalue weighted by Crippen LogP contribution is 2.36. The molecule has 0 aromatic carbocycles. The maximum absolute atomic E-state index is 11.8. The van der Waals surface area contributed by atoms with Crippen LogP contribution >= 0.6 is 0 Å². The molecule has 3 aromatic rings. The lowest BCUT2D eigenvalue weighted by Gasteiger charge is -2.01. The van der Waals surface area contributed by atoms with Crippen molar-refractivity contribution >= 4 is 56.3 Å². The number of aromatic amines is 2. The summed E-state index contributed by atoms with van der Waals surface area (Å²) in [7, 11) is 0. The molecule has 0 unspecified atom stereocenters. The van der Waals surface area contributed by atoms with Crippen molar-refractivity contribution < 1.29 is 19.8 Å². The van der Waals surface area contributed by atoms with Gasteiger partial charge in [-0.1, -0.05) is 13.8 Å². The molecule has 2 aliphatic rings. The normalized spacial score (nSPS) is 13.3. The van der Waals surface area contributed by atoms with E-state index in [0.717, 1.165) is 79.7 Å². The zero-order valence-corrected chi connectivity index (χ0v) is 23.7. The third kappa shape index (κ3) is 4.63. The van der Waals surface area contributed by atoms with Crippen LogP contribution in [0.1, 0.15) is 85.6 Å². The number of hydrogen-bond acceptors (Lipinski definition) is 4. The SMILES string of the molecule is CCc1c(C)c2cc3nc(cc4[nH]c(cc5nc(cc1[nH]2)C(C)=C5CC(=O)O)c(C)c4CC)C(C)=C3CC(=O)O. The summed E-state index contributed by atoms with van der Waals surface area (Å²) in [5, 5.41) is 19.4. The predicted octanol–water partition coefficient (Wildman–Crippen LogP) is 6.87. The van der Waals surface area contributed by atoms with Crippen molar-refractivity contribution in [2.45, 2.75) is 67.2 Å². The van der Waals surface area contributed by atoms with Gasteiger partial charge in [-0.3, -0.25) is 9.59 Å². The van der Waals surface area contributed by atoms with Crippen LogP contribution in [0.2, 0.25) is 0 Å². The number of carboxylic acid groups (broad SMARTS) is 2. The average Bonchev–Trinajstić information content (AvgIpc) is 3.54. The summed E-state index contributed by atoms with van der Waals surface area (Å²) in [5.74, 6) is -1.80. The van der Waals surface area contributed by atoms with Gasteiger partial charge >= 0.3 is 11.9 Å². The van der Waals surface area contributed by atoms with Gasteiger partial charge in [0, 0.05) is 22.1 Å². The first-order valence-corrected chi connectivity index (χ1v) is 13.6. The van der Waals surface area contributed by atoms with Crippen LogP contribution in [-0.2, 0) is 22.4 Å². The number of H-pyrrole nitrogens is 2. The van der Waals surface area contributed by atoms with Crippen LogP contribution in [0.3, 0.4) is 0 Å². The van der Waals surface area contributed by atoms with E-state index in [1.807, 2.05) is 52.0 Å². The molecule has 0 amide bonds. The lowest BCUT2D eigenvalue weighted by atomic mass is 10.0. The summed E-state index contributed by atoms with van der Waals surface area (Å²) in [6, 6.07) is 7.84. The molecular weight excluding hydrogens is 504 g/mol. The summed E-state index contributed by atoms with van der Waals surface area (Å²) in [4.78, 5) is 40.5. The van der Waals surface area contributed by atoms with Crippen molar-refractivity contribution in [2.75, 3.05) is 0 Å². The second-order valence-electron chi connectivity index (χ2n) is 10.5. The fourth-order valence-electron chi connectivity index (χ4n) is 5.88. The zero-order chi connectivity index (χ0) is 28.9. The predicted molar refractivity (Wildman–Crippen MR) is 159 cm³/mol. The van der Waals surface area contributed by atoms with Gasteiger partial charge in [-0.25, -0.2) is 9.97 Å². The van der Waals surface area contributed by atoms with Crippen molar-refractivity contribution in [1.29, 1.82) is 0 Å². The first kappa shape index (κ1) is 27.1. The molecule has 0 saturated heterocycles. The molecule has 0 spiro atoms. The number of aryl methyl sites for hydroxylation is 4. The summed E-state index contributed by atoms with van der Waals surface area (Å²) in [5.41, 5.74) is 13.7. The number of carbonyl (C=O) groups is 2. The molecule has 4 N–H and O–H groups in total. The maximum Gasteiger partial charge on any atom is 0.307 e. The van der Waals surface area contributed by atoms with Gasteiger partial charge in [-0.2, -0.15) is 0 Å². The van der Waals surface area contributed by atoms with E-state index >= 15 is 0 Å². The molecule has 0 saturated carbocycles. The Balaban J connectivity index is 1.97. The number of hydrogen-bond donors (Lipinski definition) is 4. The van der Waals surface area contributed by atoms with E-state index in [2.05, 4.69) is 23.8 Å². The Labute approximate surface area is 232 Å². The van der Waals surface area contributed by atoms with E-state index < -0.39 is 11.9 Å². The number of aromatic nitrogens is 4. The lowest BCUT2D eigenvalue weighted by molar-refractivity contribution is -0.136. The van der Waals surface area contributed by atoms with Crippen LogP contribution in [0.5, 0.6) is 0 Å². The van der Waals surface area contributed by atoms with Crippen LogP contribution in [0.4, 0.5) is 0 Å². The van der Waals surface area contributed by atoms with Crippen LogP contribution in [0, 0.1) is 13.8 Å². The summed E-state index contributed by atoms with van der Waals surface area (Å²) < 4.78 is 0. The standard InChI is InChI=1S/C32H34N4O4/c1-7-19-15(3)23-13-29-22(10-32(39)40)18(6)26(36-29)12-28-20(8-2)16(4)24(34-28)14-30-21(9-31(37)38)17(5)25(35-30)11-27(19)33-23/h11-14,33-34H,7-10H2,1-6H3,(H,37,38)(H,39,40). The quantitative estimate of drug-likeness (QED) is 0.271. The molecular formula is C32H34N4O4. The molecule has 8 nitrogen and oxygen atoms in total. The van der Waals surface area contributed by atoms with Gasteiger partial charge in [0.1, 0.15) is 0 Å². The minimum absolute atomic E-state index is 0.118. The van der Waals surface area contributed by atoms with Crippen molar-refractivity contribution in [3.05, 3.63) is 69.3 Å². The fraction of sp³-hybridized carbons (Fsp3) is 0.312. The molecule has 0 atom stereocenters. The van der Waals surface area contributed by atoms with E-state index in [1.54, 1.807) is 0 Å². The van der Waals surface area contributed by atoms with E-state index in [4.69, 9.17) is 9.97 Å². The number of aliphatic carboxylic acids is 2. The molecule has 0 fully saturated rings. The Bertz CT molecular complexity index is 1680. The highest BCUT2D eigenvalue weighted by molar-refractivity contribution is 6.00. The molecule has 5 rings (SSSR count). The number of nitrogens with zero attached hydrogens (tertiary/aromatic N) is 2. The van der Waals surface area contributed by atoms with Gasteiger partial charge in [0.25, 0.3) is 0 Å². The van der Waals surface area contributed by atoms with Gasteiger partial charge < -0.3 is 20.2 Å². The molecule has 8 bridgehead atoms. The minimum Gasteiger partial charge on any atom is -0.481 e. The number of carboxylic acids is 2. The molecule has 40 heavy (non-hydrogen) atoms. The molecule has 8 heteroatoms. The second kappa shape index (κ2) is 10.3. The largest absolute Gasteiger partial charge is 0.481 e. The Kier molecular flexibility index (Phi) is 6.96. The smallest absolute Gasteiger partial charge is 0.307 e. The van der Waals surface area contributed by atoms with Gasteiger partial charge in [0.05, 0.1) is 35.6 Å². The lowest BCUT2D eigenvalue weighted by Crippen LogP contribution is -1.96. The van der Waals surface area contributed by atoms with Gasteiger partial charge in [0.15, 0.2) is 0 Å². The third-order valence-corrected chi connectivity index (χ3v) is 8.16. The summed E-state index contributed by atoms with van der Waals surface area (Å²) in [6.07, 6.45) is 1.32. The molecule has 5 heterocycles. The van der Waals surface area contributed by atoms with Crippen LogP contribution in [0.15, 0.2) is 24.3 Å². The summed E-state index contributed by atoms with van der Waals surface area (Å²) >= 11 is 0. The molecule has 3 aromatic heterocycles. The third-order valence-electron chi connectivity index (χ3n) is 8.16. The Morgan fingerprint density at radius 3 is 1.30 bits per heavy atom. The molecule has 2 aliphatic heterocycles. The highest BCUT2D eigenvalue weighted by atomic mass is 16.4. The number of allylic oxidation sites excluding steroid dienone is 2. The van der Waals surface area contributed by atoms with E-state index in [1.165, 1.54) is 0 Å². The molecule has 206 valence electrons. The minimum atomic E-state index is -0.901. The van der Waals surface area contributed by atoms with Crippen molar-refractivity contribution in [1.82, 2.24) is 19.9 Å². The molecule has 0 aliphatic carbocycles. The summed E-state index contributed by atoms with van der Waals surface area (Å²) in [6.45, 7) is 12.1. The number of rotatable bonds is 6. The number of nitrogens with one attached hydrogen (secondary N) is 2. The van der Waals surface area contributed by atoms with Crippen LogP contribution in [-0.4, -0.2) is 42.1 Å². The second-order valence-corrected chi connectivity index (χ2v) is 10.5. The van der Waals surface area contributed by atoms with Crippen molar-refractivity contribution in [3.8, 4) is 0 Å². The topological polar surface area (TPSA) is 132 Å². The van der Waals surface area contributed by atoms with Gasteiger partial charge in [-0.05, 0) is 109 Å². The van der Waals surface area contributed by atoms with E-state index in [9.17, 15) is 19.8 Å². The first-order chi connectivity index (χ1) is 19.0. The Morgan fingerprint density at radius 2 is 0.975 bits per heavy atom. The number of fused-ring (bicyclic) bond motifs is 8. The molecule has 0 radical (unpaired) electrons. The maximum atomic E-state index is 11.8. The average molecular weight is 539 g/mol. The highest BCUT2D eigenvalue weighted by Gasteiger charge is 2.22. The van der Waals surface area contributed by atoms with Gasteiger partial charge in [-0.15, -0.1) is 0 Å². The first-order valence-electron chi connectivity index (χ1n) is 13.6. The van der Waals surface area contributed by atoms with E-state index in [-0.39, 0.29) is 12.8 Å². The fourth-order valence-corrected chi connectivity index (χ4v) is 5.88. The van der Waals surface area contributed by atoms with Crippen LogP contribution in [0.25, 0.3) is 44.4 Å². The Morgan fingerprint density at radius 1 is 0.625 bits per heavy atom. The Hall–Kier alpha value is -4.46. The van der Waals surface area contributed by atoms with E-state index in [0.29, 0.717) is 22.5 Å². The zero-order valence-electron chi connectivity index (χ0n) is 23.7. The van der Waals surface area contributed by atoms with Crippen molar-refractivity contribution in [2.24, 2.45) is 0 Å². The van der Waals surface area contributed by atoms with Crippen LogP contribution < -0.4 is 0 Å². The van der Waals surface area contributed by atoms with Gasteiger partial charge in [0.2, 0.25) is 0 Å². The monoisotopic (exact) mass is 538 g/mol.